The summed E-state index contributed by atoms with van der Waals surface area (Å²) >= 11 is 6.65. The Morgan fingerprint density at radius 2 is 1.47 bits per heavy atom. The fourth-order valence-corrected chi connectivity index (χ4v) is 6.00. The largest absolute Gasteiger partial charge is 0.490 e. The van der Waals surface area contributed by atoms with Gasteiger partial charge in [0.2, 0.25) is 11.9 Å². The number of methoxy groups -OCH3 is 1. The normalized spacial score (nSPS) is 24.8. The lowest BCUT2D eigenvalue weighted by atomic mass is 9.86. The molecule has 1 saturated heterocycles. The SMILES string of the molecule is COC1(c2ccc(Cl)c(Cc3ccc(OC4CCCC4)cc3)c2)O[C@H](COC(C)=O)[C@@H](OC(C)=O)[C@H](OC(C)=O)[C@H]1OC(C)=O. The second kappa shape index (κ2) is 15.1. The van der Waals surface area contributed by atoms with Crippen LogP contribution in [0.15, 0.2) is 42.5 Å². The fourth-order valence-electron chi connectivity index (χ4n) is 5.81. The van der Waals surface area contributed by atoms with Gasteiger partial charge in [-0.15, -0.1) is 0 Å². The van der Waals surface area contributed by atoms with Crippen molar-refractivity contribution in [2.45, 2.75) is 96.1 Å². The van der Waals surface area contributed by atoms with E-state index in [-0.39, 0.29) is 6.10 Å². The van der Waals surface area contributed by atoms with Crippen molar-refractivity contribution in [3.63, 3.8) is 0 Å². The maximum atomic E-state index is 12.4. The molecule has 0 aromatic heterocycles. The van der Waals surface area contributed by atoms with Gasteiger partial charge in [-0.1, -0.05) is 29.8 Å². The van der Waals surface area contributed by atoms with Crippen molar-refractivity contribution in [2.75, 3.05) is 13.7 Å². The van der Waals surface area contributed by atoms with Crippen LogP contribution in [0.3, 0.4) is 0 Å². The van der Waals surface area contributed by atoms with Gasteiger partial charge in [0, 0.05) is 45.4 Å². The standard InChI is InChI=1S/C33H39ClO11/c1-19(35)40-18-29-30(41-20(2)36)31(42-21(3)37)32(43-22(4)38)33(39-5,45-29)25-12-15-28(34)24(17-25)16-23-10-13-27(14-11-23)44-26-8-6-7-9-26/h10-15,17,26,29-32H,6-9,16,18H2,1-5H3/t29-,30-,31+,32-,33?/m1/s1. The molecule has 0 N–H and O–H groups in total. The predicted octanol–water partition coefficient (Wildman–Crippen LogP) is 4.81. The third-order valence-corrected chi connectivity index (χ3v) is 8.08. The highest BCUT2D eigenvalue weighted by Gasteiger charge is 2.61. The number of carbonyl (C=O) groups excluding carboxylic acids is 4. The third-order valence-electron chi connectivity index (χ3n) is 7.71. The van der Waals surface area contributed by atoms with Crippen molar-refractivity contribution in [2.24, 2.45) is 0 Å². The molecule has 12 heteroatoms. The smallest absolute Gasteiger partial charge is 0.303 e. The Kier molecular flexibility index (Phi) is 11.5. The van der Waals surface area contributed by atoms with Crippen molar-refractivity contribution in [1.82, 2.24) is 0 Å². The summed E-state index contributed by atoms with van der Waals surface area (Å²) in [6.07, 6.45) is -0.233. The second-order valence-electron chi connectivity index (χ2n) is 11.2. The molecular weight excluding hydrogens is 608 g/mol. The first-order valence-electron chi connectivity index (χ1n) is 14.8. The van der Waals surface area contributed by atoms with Crippen LogP contribution in [0, 0.1) is 0 Å². The fraction of sp³-hybridized carbons (Fsp3) is 0.515. The zero-order chi connectivity index (χ0) is 32.7. The molecule has 1 heterocycles. The van der Waals surface area contributed by atoms with E-state index in [9.17, 15) is 19.2 Å². The number of ether oxygens (including phenoxy) is 7. The highest BCUT2D eigenvalue weighted by Crippen LogP contribution is 2.44. The molecule has 2 aromatic rings. The Hall–Kier alpha value is -3.67. The maximum Gasteiger partial charge on any atom is 0.303 e. The average molecular weight is 647 g/mol. The van der Waals surface area contributed by atoms with E-state index in [0.29, 0.717) is 22.6 Å². The van der Waals surface area contributed by atoms with Gasteiger partial charge in [-0.2, -0.15) is 0 Å². The van der Waals surface area contributed by atoms with E-state index in [0.717, 1.165) is 38.0 Å². The number of benzene rings is 2. The van der Waals surface area contributed by atoms with Crippen LogP contribution in [-0.2, 0) is 59.8 Å². The van der Waals surface area contributed by atoms with Crippen LogP contribution in [0.5, 0.6) is 5.75 Å². The zero-order valence-electron chi connectivity index (χ0n) is 26.0. The summed E-state index contributed by atoms with van der Waals surface area (Å²) in [7, 11) is 1.33. The quantitative estimate of drug-likeness (QED) is 0.246. The zero-order valence-corrected chi connectivity index (χ0v) is 26.8. The molecule has 2 fully saturated rings. The molecule has 0 spiro atoms. The Bertz CT molecular complexity index is 1370. The number of esters is 4. The molecule has 11 nitrogen and oxygen atoms in total. The van der Waals surface area contributed by atoms with Crippen molar-refractivity contribution >= 4 is 35.5 Å². The van der Waals surface area contributed by atoms with Crippen LogP contribution in [0.2, 0.25) is 5.02 Å². The van der Waals surface area contributed by atoms with Crippen LogP contribution >= 0.6 is 11.6 Å². The summed E-state index contributed by atoms with van der Waals surface area (Å²) in [6.45, 7) is 4.30. The van der Waals surface area contributed by atoms with Crippen LogP contribution in [0.25, 0.3) is 0 Å². The van der Waals surface area contributed by atoms with E-state index in [4.69, 9.17) is 44.8 Å². The van der Waals surface area contributed by atoms with E-state index in [1.165, 1.54) is 33.8 Å². The van der Waals surface area contributed by atoms with E-state index in [1.54, 1.807) is 18.2 Å². The van der Waals surface area contributed by atoms with Gasteiger partial charge in [-0.25, -0.2) is 0 Å². The van der Waals surface area contributed by atoms with Crippen LogP contribution < -0.4 is 4.74 Å². The summed E-state index contributed by atoms with van der Waals surface area (Å²) in [4.78, 5) is 48.6. The summed E-state index contributed by atoms with van der Waals surface area (Å²) in [5.74, 6) is -3.94. The van der Waals surface area contributed by atoms with Gasteiger partial charge < -0.3 is 33.2 Å². The van der Waals surface area contributed by atoms with Gasteiger partial charge >= 0.3 is 23.9 Å². The van der Waals surface area contributed by atoms with Crippen molar-refractivity contribution in [3.8, 4) is 5.75 Å². The number of hydrogen-bond acceptors (Lipinski definition) is 11. The molecule has 1 saturated carbocycles. The summed E-state index contributed by atoms with van der Waals surface area (Å²) in [6, 6.07) is 12.8. The van der Waals surface area contributed by atoms with Gasteiger partial charge in [0.05, 0.1) is 6.10 Å². The van der Waals surface area contributed by atoms with Crippen LogP contribution in [-0.4, -0.2) is 68.1 Å². The summed E-state index contributed by atoms with van der Waals surface area (Å²) in [5, 5.41) is 0.460. The molecule has 2 aromatic carbocycles. The monoisotopic (exact) mass is 646 g/mol. The van der Waals surface area contributed by atoms with Crippen LogP contribution in [0.1, 0.15) is 70.1 Å². The molecule has 1 unspecified atom stereocenters. The molecule has 4 rings (SSSR count). The molecule has 0 radical (unpaired) electrons. The molecule has 0 amide bonds. The Labute approximate surface area is 267 Å². The Morgan fingerprint density at radius 1 is 0.844 bits per heavy atom. The molecule has 45 heavy (non-hydrogen) atoms. The average Bonchev–Trinajstić information content (AvgIpc) is 3.49. The first-order valence-corrected chi connectivity index (χ1v) is 15.2. The third kappa shape index (κ3) is 8.53. The van der Waals surface area contributed by atoms with Crippen LogP contribution in [0.4, 0.5) is 0 Å². The summed E-state index contributed by atoms with van der Waals surface area (Å²) < 4.78 is 40.5. The first kappa shape index (κ1) is 34.2. The second-order valence-corrected chi connectivity index (χ2v) is 11.6. The highest BCUT2D eigenvalue weighted by molar-refractivity contribution is 6.31. The molecule has 244 valence electrons. The lowest BCUT2D eigenvalue weighted by Gasteiger charge is -2.50. The molecule has 2 aliphatic rings. The maximum absolute atomic E-state index is 12.4. The molecule has 0 bridgehead atoms. The Morgan fingerprint density at radius 3 is 2.04 bits per heavy atom. The topological polar surface area (TPSA) is 133 Å². The van der Waals surface area contributed by atoms with E-state index in [1.807, 2.05) is 24.3 Å². The van der Waals surface area contributed by atoms with Gasteiger partial charge in [-0.05, 0) is 67.5 Å². The van der Waals surface area contributed by atoms with Crippen molar-refractivity contribution in [3.05, 3.63) is 64.2 Å². The number of halogens is 1. The minimum atomic E-state index is -1.91. The van der Waals surface area contributed by atoms with Gasteiger partial charge in [0.25, 0.3) is 0 Å². The first-order chi connectivity index (χ1) is 21.4. The van der Waals surface area contributed by atoms with E-state index < -0.39 is 60.7 Å². The number of hydrogen-bond donors (Lipinski definition) is 0. The predicted molar refractivity (Wildman–Crippen MR) is 160 cm³/mol. The molecule has 1 aliphatic carbocycles. The minimum Gasteiger partial charge on any atom is -0.490 e. The lowest BCUT2D eigenvalue weighted by molar-refractivity contribution is -0.367. The van der Waals surface area contributed by atoms with Crippen molar-refractivity contribution < 1.29 is 52.3 Å². The minimum absolute atomic E-state index is 0.244. The summed E-state index contributed by atoms with van der Waals surface area (Å²) in [5.41, 5.74) is 2.02. The van der Waals surface area contributed by atoms with Gasteiger partial charge in [0.1, 0.15) is 18.5 Å². The number of rotatable bonds is 11. The lowest BCUT2D eigenvalue weighted by Crippen LogP contribution is -2.67. The Balaban J connectivity index is 1.74. The van der Waals surface area contributed by atoms with Gasteiger partial charge in [0.15, 0.2) is 12.2 Å². The van der Waals surface area contributed by atoms with E-state index in [2.05, 4.69) is 0 Å². The molecule has 1 aliphatic heterocycles. The molecule has 5 atom stereocenters. The number of carbonyl (C=O) groups is 4. The van der Waals surface area contributed by atoms with Gasteiger partial charge in [-0.3, -0.25) is 19.2 Å². The van der Waals surface area contributed by atoms with Crippen molar-refractivity contribution in [1.29, 1.82) is 0 Å². The van der Waals surface area contributed by atoms with E-state index >= 15 is 0 Å². The molecular formula is C33H39ClO11. The highest BCUT2D eigenvalue weighted by atomic mass is 35.5.